The number of unbranched alkanes of at least 4 members (excludes halogenated alkanes) is 3. The molecule has 2 aromatic carbocycles. The minimum Gasteiger partial charge on any atom is -0.477 e. The number of rotatable bonds is 7. The molecule has 0 fully saturated rings. The molecule has 0 unspecified atom stereocenters. The highest BCUT2D eigenvalue weighted by Crippen LogP contribution is 2.48. The molecule has 5 heteroatoms. The van der Waals surface area contributed by atoms with Crippen molar-refractivity contribution in [3.05, 3.63) is 53.6 Å². The summed E-state index contributed by atoms with van der Waals surface area (Å²) in [6.07, 6.45) is 6.22. The lowest BCUT2D eigenvalue weighted by molar-refractivity contribution is -0.132. The average Bonchev–Trinajstić information content (AvgIpc) is 2.68. The first-order chi connectivity index (χ1) is 13.1. The molecule has 0 saturated heterocycles. The van der Waals surface area contributed by atoms with Crippen LogP contribution in [0.2, 0.25) is 0 Å². The van der Waals surface area contributed by atoms with E-state index in [4.69, 9.17) is 10.4 Å². The third-order valence-corrected chi connectivity index (χ3v) is 5.66. The van der Waals surface area contributed by atoms with Gasteiger partial charge in [-0.05, 0) is 42.3 Å². The molecule has 0 bridgehead atoms. The van der Waals surface area contributed by atoms with Gasteiger partial charge in [0.2, 0.25) is 0 Å². The number of nitrogens with zero attached hydrogens (tertiary/aromatic N) is 2. The van der Waals surface area contributed by atoms with Crippen LogP contribution < -0.4 is 4.90 Å². The van der Waals surface area contributed by atoms with E-state index in [9.17, 15) is 4.79 Å². The average molecular weight is 378 g/mol. The highest BCUT2D eigenvalue weighted by molar-refractivity contribution is 7.99. The van der Waals surface area contributed by atoms with Gasteiger partial charge < -0.3 is 10.0 Å². The summed E-state index contributed by atoms with van der Waals surface area (Å²) in [4.78, 5) is 15.7. The van der Waals surface area contributed by atoms with Crippen LogP contribution in [0.5, 0.6) is 0 Å². The predicted octanol–water partition coefficient (Wildman–Crippen LogP) is 5.86. The van der Waals surface area contributed by atoms with Crippen molar-refractivity contribution in [1.82, 2.24) is 0 Å². The number of carboxylic acid groups (broad SMARTS) is 1. The summed E-state index contributed by atoms with van der Waals surface area (Å²) >= 11 is 1.69. The van der Waals surface area contributed by atoms with Crippen molar-refractivity contribution in [2.24, 2.45) is 0 Å². The van der Waals surface area contributed by atoms with Gasteiger partial charge in [0, 0.05) is 16.3 Å². The van der Waals surface area contributed by atoms with Gasteiger partial charge in [-0.1, -0.05) is 56.1 Å². The minimum atomic E-state index is -1.20. The molecule has 3 rings (SSSR count). The van der Waals surface area contributed by atoms with Crippen LogP contribution in [-0.2, 0) is 4.79 Å². The first-order valence-corrected chi connectivity index (χ1v) is 9.99. The molecular weight excluding hydrogens is 356 g/mol. The zero-order valence-electron chi connectivity index (χ0n) is 15.3. The maximum atomic E-state index is 11.1. The summed E-state index contributed by atoms with van der Waals surface area (Å²) in [6.45, 7) is 3.17. The maximum absolute atomic E-state index is 11.1. The van der Waals surface area contributed by atoms with Crippen molar-refractivity contribution < 1.29 is 9.90 Å². The number of fused-ring (bicyclic) bond motifs is 2. The van der Waals surface area contributed by atoms with Gasteiger partial charge in [0.25, 0.3) is 0 Å². The fraction of sp³-hybridized carbons (Fsp3) is 0.273. The maximum Gasteiger partial charge on any atom is 0.346 e. The van der Waals surface area contributed by atoms with E-state index in [2.05, 4.69) is 30.0 Å². The number of nitriles is 1. The molecule has 0 amide bonds. The molecule has 1 heterocycles. The van der Waals surface area contributed by atoms with Crippen LogP contribution in [0.3, 0.4) is 0 Å². The van der Waals surface area contributed by atoms with E-state index < -0.39 is 5.97 Å². The first-order valence-electron chi connectivity index (χ1n) is 9.17. The molecule has 1 aliphatic heterocycles. The van der Waals surface area contributed by atoms with Crippen LogP contribution in [0.15, 0.2) is 57.8 Å². The van der Waals surface area contributed by atoms with Gasteiger partial charge in [-0.15, -0.1) is 0 Å². The fourth-order valence-electron chi connectivity index (χ4n) is 3.19. The smallest absolute Gasteiger partial charge is 0.346 e. The van der Waals surface area contributed by atoms with Crippen LogP contribution in [0.25, 0.3) is 6.08 Å². The van der Waals surface area contributed by atoms with Gasteiger partial charge in [-0.3, -0.25) is 0 Å². The Bertz CT molecular complexity index is 915. The Morgan fingerprint density at radius 3 is 2.67 bits per heavy atom. The Hall–Kier alpha value is -2.71. The molecule has 138 valence electrons. The normalized spacial score (nSPS) is 12.9. The molecule has 1 aliphatic rings. The van der Waals surface area contributed by atoms with Crippen molar-refractivity contribution in [1.29, 1.82) is 5.26 Å². The number of hydrogen-bond donors (Lipinski definition) is 1. The van der Waals surface area contributed by atoms with Crippen LogP contribution in [0, 0.1) is 11.3 Å². The molecule has 0 aromatic heterocycles. The molecule has 27 heavy (non-hydrogen) atoms. The summed E-state index contributed by atoms with van der Waals surface area (Å²) in [5, 5.41) is 18.1. The van der Waals surface area contributed by atoms with Crippen LogP contribution in [-0.4, -0.2) is 17.6 Å². The molecule has 0 spiro atoms. The zero-order chi connectivity index (χ0) is 19.2. The fourth-order valence-corrected chi connectivity index (χ4v) is 4.33. The second-order valence-electron chi connectivity index (χ2n) is 6.48. The summed E-state index contributed by atoms with van der Waals surface area (Å²) in [6, 6.07) is 16.0. The largest absolute Gasteiger partial charge is 0.477 e. The number of carboxylic acids is 1. The van der Waals surface area contributed by atoms with Crippen molar-refractivity contribution in [3.63, 3.8) is 0 Å². The zero-order valence-corrected chi connectivity index (χ0v) is 16.1. The molecule has 0 atom stereocenters. The lowest BCUT2D eigenvalue weighted by Gasteiger charge is -2.33. The second-order valence-corrected chi connectivity index (χ2v) is 7.57. The van der Waals surface area contributed by atoms with E-state index in [0.29, 0.717) is 0 Å². The number of carbonyl (C=O) groups is 1. The summed E-state index contributed by atoms with van der Waals surface area (Å²) < 4.78 is 0. The van der Waals surface area contributed by atoms with Gasteiger partial charge in [0.15, 0.2) is 0 Å². The number of hydrogen-bond acceptors (Lipinski definition) is 4. The summed E-state index contributed by atoms with van der Waals surface area (Å²) in [7, 11) is 0. The van der Waals surface area contributed by atoms with E-state index in [1.54, 1.807) is 17.8 Å². The third kappa shape index (κ3) is 4.35. The van der Waals surface area contributed by atoms with Gasteiger partial charge >= 0.3 is 5.97 Å². The van der Waals surface area contributed by atoms with E-state index in [0.717, 1.165) is 29.1 Å². The topological polar surface area (TPSA) is 64.3 Å². The van der Waals surface area contributed by atoms with Crippen LogP contribution in [0.1, 0.15) is 38.2 Å². The van der Waals surface area contributed by atoms with Crippen molar-refractivity contribution in [3.8, 4) is 6.07 Å². The number of benzene rings is 2. The van der Waals surface area contributed by atoms with Crippen LogP contribution >= 0.6 is 11.8 Å². The Labute approximate surface area is 164 Å². The van der Waals surface area contributed by atoms with Gasteiger partial charge in [-0.2, -0.15) is 5.26 Å². The van der Waals surface area contributed by atoms with Crippen molar-refractivity contribution in [2.75, 3.05) is 11.4 Å². The van der Waals surface area contributed by atoms with Gasteiger partial charge in [0.05, 0.1) is 11.4 Å². The minimum absolute atomic E-state index is 0.257. The Kier molecular flexibility index (Phi) is 6.20. The highest BCUT2D eigenvalue weighted by atomic mass is 32.2. The number of para-hydroxylation sites is 1. The van der Waals surface area contributed by atoms with E-state index in [1.165, 1.54) is 35.9 Å². The first kappa shape index (κ1) is 19.1. The predicted molar refractivity (Wildman–Crippen MR) is 109 cm³/mol. The molecule has 0 aliphatic carbocycles. The monoisotopic (exact) mass is 378 g/mol. The van der Waals surface area contributed by atoms with E-state index in [1.807, 2.05) is 24.3 Å². The quantitative estimate of drug-likeness (QED) is 0.371. The lowest BCUT2D eigenvalue weighted by Crippen LogP contribution is -2.22. The van der Waals surface area contributed by atoms with E-state index in [-0.39, 0.29) is 5.57 Å². The molecule has 0 saturated carbocycles. The lowest BCUT2D eigenvalue weighted by atomic mass is 10.1. The van der Waals surface area contributed by atoms with Crippen molar-refractivity contribution in [2.45, 2.75) is 42.4 Å². The summed E-state index contributed by atoms with van der Waals surface area (Å²) in [5.74, 6) is -1.20. The van der Waals surface area contributed by atoms with Gasteiger partial charge in [0.1, 0.15) is 11.6 Å². The standard InChI is InChI=1S/C22H22N2O2S/c1-2-3-4-7-12-24-18-8-5-6-9-20(18)27-21-14-16(10-11-19(21)24)13-17(15-23)22(25)26/h5-6,8-11,13-14H,2-4,7,12H2,1H3,(H,25,26). The Balaban J connectivity index is 1.94. The van der Waals surface area contributed by atoms with E-state index >= 15 is 0 Å². The Morgan fingerprint density at radius 1 is 1.15 bits per heavy atom. The second kappa shape index (κ2) is 8.79. The molecule has 4 nitrogen and oxygen atoms in total. The number of anilines is 2. The summed E-state index contributed by atoms with van der Waals surface area (Å²) in [5.41, 5.74) is 2.83. The van der Waals surface area contributed by atoms with Crippen molar-refractivity contribution >= 4 is 35.2 Å². The molecule has 2 aromatic rings. The van der Waals surface area contributed by atoms with Gasteiger partial charge in [-0.25, -0.2) is 4.79 Å². The Morgan fingerprint density at radius 2 is 1.93 bits per heavy atom. The van der Waals surface area contributed by atoms with Crippen LogP contribution in [0.4, 0.5) is 11.4 Å². The highest BCUT2D eigenvalue weighted by Gasteiger charge is 2.23. The third-order valence-electron chi connectivity index (χ3n) is 4.55. The molecular formula is C22H22N2O2S. The molecule has 0 radical (unpaired) electrons. The molecule has 1 N–H and O–H groups in total. The number of aliphatic carboxylic acids is 1. The SMILES string of the molecule is CCCCCCN1c2ccccc2Sc2cc(C=C(C#N)C(=O)O)ccc21.